The molecule has 4 rings (SSSR count). The van der Waals surface area contributed by atoms with Gasteiger partial charge >= 0.3 is 0 Å². The maximum Gasteiger partial charge on any atom is 0.223 e. The summed E-state index contributed by atoms with van der Waals surface area (Å²) >= 11 is 0. The zero-order chi connectivity index (χ0) is 17.1. The lowest BCUT2D eigenvalue weighted by atomic mass is 9.83. The Bertz CT molecular complexity index is 874. The fourth-order valence-corrected chi connectivity index (χ4v) is 3.32. The number of hydrogen-bond donors (Lipinski definition) is 1. The number of rotatable bonds is 4. The Morgan fingerprint density at radius 3 is 2.68 bits per heavy atom. The van der Waals surface area contributed by atoms with E-state index in [-0.39, 0.29) is 11.8 Å². The van der Waals surface area contributed by atoms with Gasteiger partial charge in [-0.3, -0.25) is 4.79 Å². The van der Waals surface area contributed by atoms with Gasteiger partial charge in [-0.1, -0.05) is 42.5 Å². The van der Waals surface area contributed by atoms with Gasteiger partial charge < -0.3 is 5.32 Å². The number of aromatic nitrogens is 4. The van der Waals surface area contributed by atoms with E-state index in [0.29, 0.717) is 12.4 Å². The molecule has 0 saturated carbocycles. The standard InChI is InChI=1S/C19H19N5O/c25-19(16-11-10-14-6-4-5-7-15(14)12-16)20-13-18-21-22-23-24(18)17-8-2-1-3-9-17/h1-9,16H,10-13H2,(H,20,25)/t16-/m0/s1. The van der Waals surface area contributed by atoms with E-state index in [1.54, 1.807) is 4.68 Å². The molecule has 0 unspecified atom stereocenters. The number of tetrazole rings is 1. The lowest BCUT2D eigenvalue weighted by Gasteiger charge is -2.23. The van der Waals surface area contributed by atoms with Crippen molar-refractivity contribution in [1.82, 2.24) is 25.5 Å². The summed E-state index contributed by atoms with van der Waals surface area (Å²) in [5.41, 5.74) is 3.52. The smallest absolute Gasteiger partial charge is 0.223 e. The van der Waals surface area contributed by atoms with Crippen LogP contribution in [0.25, 0.3) is 5.69 Å². The van der Waals surface area contributed by atoms with Gasteiger partial charge in [-0.05, 0) is 52.9 Å². The van der Waals surface area contributed by atoms with Crippen LogP contribution in [0.2, 0.25) is 0 Å². The molecule has 1 heterocycles. The fraction of sp³-hybridized carbons (Fsp3) is 0.263. The van der Waals surface area contributed by atoms with E-state index in [4.69, 9.17) is 0 Å². The zero-order valence-corrected chi connectivity index (χ0v) is 13.8. The van der Waals surface area contributed by atoms with Crippen molar-refractivity contribution in [3.63, 3.8) is 0 Å². The van der Waals surface area contributed by atoms with E-state index in [1.165, 1.54) is 11.1 Å². The van der Waals surface area contributed by atoms with Crippen molar-refractivity contribution >= 4 is 5.91 Å². The number of nitrogens with one attached hydrogen (secondary N) is 1. The Morgan fingerprint density at radius 2 is 1.84 bits per heavy atom. The maximum absolute atomic E-state index is 12.6. The van der Waals surface area contributed by atoms with Crippen LogP contribution in [0.5, 0.6) is 0 Å². The van der Waals surface area contributed by atoms with Crippen LogP contribution in [-0.2, 0) is 24.2 Å². The minimum Gasteiger partial charge on any atom is -0.348 e. The molecule has 0 bridgehead atoms. The molecule has 1 atom stereocenters. The number of amides is 1. The van der Waals surface area contributed by atoms with Crippen molar-refractivity contribution in [3.8, 4) is 5.69 Å². The molecule has 25 heavy (non-hydrogen) atoms. The molecule has 126 valence electrons. The predicted octanol–water partition coefficient (Wildman–Crippen LogP) is 2.08. The van der Waals surface area contributed by atoms with Crippen LogP contribution < -0.4 is 5.32 Å². The summed E-state index contributed by atoms with van der Waals surface area (Å²) in [5.74, 6) is 0.698. The lowest BCUT2D eigenvalue weighted by molar-refractivity contribution is -0.125. The van der Waals surface area contributed by atoms with Crippen molar-refractivity contribution in [1.29, 1.82) is 0 Å². The highest BCUT2D eigenvalue weighted by atomic mass is 16.1. The van der Waals surface area contributed by atoms with E-state index >= 15 is 0 Å². The van der Waals surface area contributed by atoms with Crippen molar-refractivity contribution < 1.29 is 4.79 Å². The third-order valence-corrected chi connectivity index (χ3v) is 4.67. The van der Waals surface area contributed by atoms with Gasteiger partial charge in [-0.15, -0.1) is 5.10 Å². The molecule has 0 radical (unpaired) electrons. The largest absolute Gasteiger partial charge is 0.348 e. The minimum atomic E-state index is 0.0101. The van der Waals surface area contributed by atoms with Crippen LogP contribution in [0.4, 0.5) is 0 Å². The molecule has 0 spiro atoms. The number of carbonyl (C=O) groups is 1. The van der Waals surface area contributed by atoms with Crippen molar-refractivity contribution in [3.05, 3.63) is 71.5 Å². The summed E-state index contributed by atoms with van der Waals surface area (Å²) in [6, 6.07) is 18.0. The van der Waals surface area contributed by atoms with Gasteiger partial charge in [0, 0.05) is 5.92 Å². The van der Waals surface area contributed by atoms with E-state index in [9.17, 15) is 4.79 Å². The van der Waals surface area contributed by atoms with E-state index in [2.05, 4.69) is 39.0 Å². The summed E-state index contributed by atoms with van der Waals surface area (Å²) in [5, 5.41) is 14.8. The second-order valence-electron chi connectivity index (χ2n) is 6.27. The molecule has 1 N–H and O–H groups in total. The van der Waals surface area contributed by atoms with Crippen LogP contribution in [0.3, 0.4) is 0 Å². The monoisotopic (exact) mass is 333 g/mol. The number of para-hydroxylation sites is 1. The zero-order valence-electron chi connectivity index (χ0n) is 13.8. The average Bonchev–Trinajstić information content (AvgIpc) is 3.15. The summed E-state index contributed by atoms with van der Waals surface area (Å²) in [6.07, 6.45) is 2.63. The van der Waals surface area contributed by atoms with Crippen LogP contribution in [0.15, 0.2) is 54.6 Å². The normalized spacial score (nSPS) is 16.2. The molecule has 0 fully saturated rings. The molecule has 0 aliphatic heterocycles. The highest BCUT2D eigenvalue weighted by Crippen LogP contribution is 2.25. The van der Waals surface area contributed by atoms with E-state index in [0.717, 1.165) is 24.9 Å². The minimum absolute atomic E-state index is 0.0101. The Balaban J connectivity index is 1.41. The van der Waals surface area contributed by atoms with Crippen LogP contribution in [0.1, 0.15) is 23.4 Å². The van der Waals surface area contributed by atoms with Gasteiger partial charge in [0.2, 0.25) is 5.91 Å². The molecule has 0 saturated heterocycles. The first-order valence-electron chi connectivity index (χ1n) is 8.48. The van der Waals surface area contributed by atoms with E-state index in [1.807, 2.05) is 36.4 Å². The summed E-state index contributed by atoms with van der Waals surface area (Å²) in [4.78, 5) is 12.6. The first-order chi connectivity index (χ1) is 12.3. The average molecular weight is 333 g/mol. The number of hydrogen-bond acceptors (Lipinski definition) is 4. The van der Waals surface area contributed by atoms with Crippen LogP contribution >= 0.6 is 0 Å². The van der Waals surface area contributed by atoms with Gasteiger partial charge in [0.1, 0.15) is 0 Å². The molecule has 1 aromatic heterocycles. The number of nitrogens with zero attached hydrogens (tertiary/aromatic N) is 4. The number of carbonyl (C=O) groups excluding carboxylic acids is 1. The maximum atomic E-state index is 12.6. The van der Waals surface area contributed by atoms with Gasteiger partial charge in [-0.2, -0.15) is 4.68 Å². The first-order valence-corrected chi connectivity index (χ1v) is 8.48. The highest BCUT2D eigenvalue weighted by molar-refractivity contribution is 5.79. The summed E-state index contributed by atoms with van der Waals surface area (Å²) in [7, 11) is 0. The van der Waals surface area contributed by atoms with Crippen LogP contribution in [-0.4, -0.2) is 26.1 Å². The highest BCUT2D eigenvalue weighted by Gasteiger charge is 2.24. The molecule has 3 aromatic rings. The first kappa shape index (κ1) is 15.5. The van der Waals surface area contributed by atoms with Crippen LogP contribution in [0, 0.1) is 5.92 Å². The Hall–Kier alpha value is -3.02. The van der Waals surface area contributed by atoms with Crippen molar-refractivity contribution in [2.75, 3.05) is 0 Å². The second kappa shape index (κ2) is 6.84. The number of fused-ring (bicyclic) bond motifs is 1. The molecule has 2 aromatic carbocycles. The summed E-state index contributed by atoms with van der Waals surface area (Å²) in [6.45, 7) is 0.318. The van der Waals surface area contributed by atoms with Gasteiger partial charge in [0.05, 0.1) is 12.2 Å². The Morgan fingerprint density at radius 1 is 1.08 bits per heavy atom. The fourth-order valence-electron chi connectivity index (χ4n) is 3.32. The third-order valence-electron chi connectivity index (χ3n) is 4.67. The van der Waals surface area contributed by atoms with Crippen molar-refractivity contribution in [2.45, 2.75) is 25.8 Å². The Kier molecular flexibility index (Phi) is 4.24. The lowest BCUT2D eigenvalue weighted by Crippen LogP contribution is -2.34. The van der Waals surface area contributed by atoms with Gasteiger partial charge in [-0.25, -0.2) is 0 Å². The topological polar surface area (TPSA) is 72.7 Å². The third kappa shape index (κ3) is 3.28. The van der Waals surface area contributed by atoms with Gasteiger partial charge in [0.15, 0.2) is 5.82 Å². The molecule has 1 amide bonds. The summed E-state index contributed by atoms with van der Waals surface area (Å²) < 4.78 is 1.65. The molecular weight excluding hydrogens is 314 g/mol. The second-order valence-corrected chi connectivity index (χ2v) is 6.27. The number of aryl methyl sites for hydroxylation is 1. The van der Waals surface area contributed by atoms with Gasteiger partial charge in [0.25, 0.3) is 0 Å². The molecule has 1 aliphatic rings. The van der Waals surface area contributed by atoms with Crippen molar-refractivity contribution in [2.24, 2.45) is 5.92 Å². The molecule has 1 aliphatic carbocycles. The quantitative estimate of drug-likeness (QED) is 0.793. The predicted molar refractivity (Wildman–Crippen MR) is 93.0 cm³/mol. The molecular formula is C19H19N5O. The van der Waals surface area contributed by atoms with E-state index < -0.39 is 0 Å². The number of benzene rings is 2. The Labute approximate surface area is 145 Å². The molecule has 6 heteroatoms. The molecule has 6 nitrogen and oxygen atoms in total. The SMILES string of the molecule is O=C(NCc1nnnn1-c1ccccc1)[C@H]1CCc2ccccc2C1.